The maximum atomic E-state index is 12.1. The maximum absolute atomic E-state index is 12.1. The predicted octanol–water partition coefficient (Wildman–Crippen LogP) is 4.32. The van der Waals surface area contributed by atoms with Crippen molar-refractivity contribution in [3.63, 3.8) is 0 Å². The quantitative estimate of drug-likeness (QED) is 0.317. The molecule has 5 heteroatoms. The van der Waals surface area contributed by atoms with Crippen LogP contribution < -0.4 is 0 Å². The Bertz CT molecular complexity index is 233. The van der Waals surface area contributed by atoms with Crippen LogP contribution in [0, 0.1) is 0 Å². The maximum Gasteiger partial charge on any atom is 0.475 e. The molecule has 0 N–H and O–H groups in total. The van der Waals surface area contributed by atoms with Gasteiger partial charge in [-0.25, -0.2) is 4.57 Å². The number of rotatable bonds is 11. The molecule has 0 aliphatic rings. The van der Waals surface area contributed by atoms with Crippen LogP contribution >= 0.6 is 7.82 Å². The summed E-state index contributed by atoms with van der Waals surface area (Å²) < 4.78 is 27.7. The van der Waals surface area contributed by atoms with E-state index in [1.807, 2.05) is 0 Å². The molecule has 0 spiro atoms. The van der Waals surface area contributed by atoms with Crippen LogP contribution in [0.5, 0.6) is 0 Å². The highest BCUT2D eigenvalue weighted by molar-refractivity contribution is 7.48. The van der Waals surface area contributed by atoms with Gasteiger partial charge in [0.1, 0.15) is 0 Å². The molecular weight excluding hydrogens is 239 g/mol. The summed E-state index contributed by atoms with van der Waals surface area (Å²) in [6, 6.07) is 0. The van der Waals surface area contributed by atoms with Gasteiger partial charge in [-0.3, -0.25) is 13.6 Å². The molecule has 0 amide bonds. The molecule has 0 aliphatic carbocycles. The number of hydrogen-bond acceptors (Lipinski definition) is 4. The molecule has 0 fully saturated rings. The standard InChI is InChI=1S/C12H25O4P/c1-5-9-10-11-12(6-2)16-17(13,14-7-3)15-8-4/h6,12H,2,5,7-11H2,1,3-4H3. The molecule has 0 saturated carbocycles. The van der Waals surface area contributed by atoms with Crippen molar-refractivity contribution < 1.29 is 18.1 Å². The van der Waals surface area contributed by atoms with E-state index in [1.165, 1.54) is 0 Å². The number of phosphoric ester groups is 1. The number of phosphoric acid groups is 1. The Labute approximate surface area is 105 Å². The van der Waals surface area contributed by atoms with E-state index in [-0.39, 0.29) is 6.10 Å². The van der Waals surface area contributed by atoms with Gasteiger partial charge in [0.15, 0.2) is 0 Å². The highest BCUT2D eigenvalue weighted by Gasteiger charge is 2.28. The molecular formula is C12H25O4P. The third kappa shape index (κ3) is 7.72. The second kappa shape index (κ2) is 9.84. The van der Waals surface area contributed by atoms with Gasteiger partial charge in [0, 0.05) is 0 Å². The lowest BCUT2D eigenvalue weighted by molar-refractivity contribution is 0.0968. The van der Waals surface area contributed by atoms with Crippen molar-refractivity contribution in [2.75, 3.05) is 13.2 Å². The lowest BCUT2D eigenvalue weighted by Gasteiger charge is -2.21. The van der Waals surface area contributed by atoms with Gasteiger partial charge >= 0.3 is 7.82 Å². The molecule has 4 nitrogen and oxygen atoms in total. The smallest absolute Gasteiger partial charge is 0.287 e. The molecule has 0 aromatic rings. The summed E-state index contributed by atoms with van der Waals surface area (Å²) in [5.74, 6) is 0. The zero-order valence-corrected chi connectivity index (χ0v) is 12.1. The summed E-state index contributed by atoms with van der Waals surface area (Å²) in [7, 11) is -3.41. The van der Waals surface area contributed by atoms with Crippen molar-refractivity contribution in [3.05, 3.63) is 12.7 Å². The monoisotopic (exact) mass is 264 g/mol. The number of unbranched alkanes of at least 4 members (excludes halogenated alkanes) is 2. The van der Waals surface area contributed by atoms with Gasteiger partial charge in [-0.05, 0) is 20.3 Å². The minimum absolute atomic E-state index is 0.273. The Morgan fingerprint density at radius 2 is 1.76 bits per heavy atom. The van der Waals surface area contributed by atoms with Crippen molar-refractivity contribution >= 4 is 7.82 Å². The summed E-state index contributed by atoms with van der Waals surface area (Å²) in [4.78, 5) is 0. The Morgan fingerprint density at radius 3 is 2.18 bits per heavy atom. The Morgan fingerprint density at radius 1 is 1.18 bits per heavy atom. The molecule has 0 aliphatic heterocycles. The minimum atomic E-state index is -3.41. The molecule has 0 bridgehead atoms. The van der Waals surface area contributed by atoms with Crippen LogP contribution in [-0.4, -0.2) is 19.3 Å². The third-order valence-electron chi connectivity index (χ3n) is 2.19. The molecule has 0 radical (unpaired) electrons. The van der Waals surface area contributed by atoms with Crippen LogP contribution in [0.15, 0.2) is 12.7 Å². The Kier molecular flexibility index (Phi) is 9.75. The molecule has 0 heterocycles. The van der Waals surface area contributed by atoms with Gasteiger partial charge in [-0.15, -0.1) is 6.58 Å². The fraction of sp³-hybridized carbons (Fsp3) is 0.833. The summed E-state index contributed by atoms with van der Waals surface area (Å²) in [5.41, 5.74) is 0. The first kappa shape index (κ1) is 16.9. The second-order valence-electron chi connectivity index (χ2n) is 3.66. The van der Waals surface area contributed by atoms with Gasteiger partial charge in [0.25, 0.3) is 0 Å². The van der Waals surface area contributed by atoms with E-state index < -0.39 is 7.82 Å². The topological polar surface area (TPSA) is 44.8 Å². The number of hydrogen-bond donors (Lipinski definition) is 0. The van der Waals surface area contributed by atoms with Gasteiger partial charge < -0.3 is 0 Å². The highest BCUT2D eigenvalue weighted by Crippen LogP contribution is 2.50. The van der Waals surface area contributed by atoms with Crippen molar-refractivity contribution in [1.29, 1.82) is 0 Å². The Balaban J connectivity index is 4.27. The summed E-state index contributed by atoms with van der Waals surface area (Å²) in [6.45, 7) is 9.94. The van der Waals surface area contributed by atoms with Gasteiger partial charge in [-0.1, -0.05) is 32.3 Å². The normalized spacial score (nSPS) is 13.6. The van der Waals surface area contributed by atoms with E-state index in [0.29, 0.717) is 13.2 Å². The fourth-order valence-electron chi connectivity index (χ4n) is 1.39. The molecule has 1 unspecified atom stereocenters. The molecule has 102 valence electrons. The molecule has 0 aromatic carbocycles. The first-order chi connectivity index (χ1) is 8.11. The average molecular weight is 264 g/mol. The van der Waals surface area contributed by atoms with Crippen molar-refractivity contribution in [2.24, 2.45) is 0 Å². The van der Waals surface area contributed by atoms with Crippen molar-refractivity contribution in [3.8, 4) is 0 Å². The molecule has 0 rings (SSSR count). The second-order valence-corrected chi connectivity index (χ2v) is 5.28. The summed E-state index contributed by atoms with van der Waals surface area (Å²) in [6.07, 6.45) is 5.46. The van der Waals surface area contributed by atoms with E-state index in [4.69, 9.17) is 13.6 Å². The van der Waals surface area contributed by atoms with E-state index >= 15 is 0 Å². The molecule has 0 aromatic heterocycles. The van der Waals surface area contributed by atoms with Crippen LogP contribution in [0.25, 0.3) is 0 Å². The van der Waals surface area contributed by atoms with E-state index in [2.05, 4.69) is 13.5 Å². The zero-order valence-electron chi connectivity index (χ0n) is 11.2. The van der Waals surface area contributed by atoms with Crippen molar-refractivity contribution in [2.45, 2.75) is 52.6 Å². The van der Waals surface area contributed by atoms with Crippen LogP contribution in [0.3, 0.4) is 0 Å². The Hall–Kier alpha value is -0.150. The van der Waals surface area contributed by atoms with E-state index in [9.17, 15) is 4.57 Å². The van der Waals surface area contributed by atoms with Crippen LogP contribution in [0.2, 0.25) is 0 Å². The van der Waals surface area contributed by atoms with Gasteiger partial charge in [-0.2, -0.15) is 0 Å². The van der Waals surface area contributed by atoms with E-state index in [1.54, 1.807) is 19.9 Å². The molecule has 17 heavy (non-hydrogen) atoms. The van der Waals surface area contributed by atoms with Gasteiger partial charge in [0.05, 0.1) is 19.3 Å². The zero-order chi connectivity index (χ0) is 13.1. The highest BCUT2D eigenvalue weighted by atomic mass is 31.2. The van der Waals surface area contributed by atoms with Crippen LogP contribution in [-0.2, 0) is 18.1 Å². The average Bonchev–Trinajstić information content (AvgIpc) is 2.28. The lowest BCUT2D eigenvalue weighted by Crippen LogP contribution is -2.11. The van der Waals surface area contributed by atoms with Crippen molar-refractivity contribution in [1.82, 2.24) is 0 Å². The SMILES string of the molecule is C=CC(CCCCC)OP(=O)(OCC)OCC. The van der Waals surface area contributed by atoms with Gasteiger partial charge in [0.2, 0.25) is 0 Å². The fourth-order valence-corrected chi connectivity index (χ4v) is 2.74. The summed E-state index contributed by atoms with van der Waals surface area (Å²) in [5, 5.41) is 0. The molecule has 0 saturated heterocycles. The minimum Gasteiger partial charge on any atom is -0.287 e. The van der Waals surface area contributed by atoms with Crippen LogP contribution in [0.4, 0.5) is 0 Å². The lowest BCUT2D eigenvalue weighted by atomic mass is 10.1. The van der Waals surface area contributed by atoms with E-state index in [0.717, 1.165) is 25.7 Å². The first-order valence-electron chi connectivity index (χ1n) is 6.31. The first-order valence-corrected chi connectivity index (χ1v) is 7.78. The van der Waals surface area contributed by atoms with Crippen LogP contribution in [0.1, 0.15) is 46.5 Å². The summed E-state index contributed by atoms with van der Waals surface area (Å²) >= 11 is 0. The third-order valence-corrected chi connectivity index (χ3v) is 3.87. The predicted molar refractivity (Wildman–Crippen MR) is 70.1 cm³/mol. The molecule has 1 atom stereocenters. The largest absolute Gasteiger partial charge is 0.475 e.